The molecule has 0 fully saturated rings. The van der Waals surface area contributed by atoms with Crippen LogP contribution in [0.1, 0.15) is 37.0 Å². The molecule has 3 rings (SSSR count). The third-order valence-corrected chi connectivity index (χ3v) is 6.31. The largest absolute Gasteiger partial charge is 0.352 e. The number of halogens is 2. The lowest BCUT2D eigenvalue weighted by Gasteiger charge is -2.32. The van der Waals surface area contributed by atoms with E-state index in [1.165, 1.54) is 0 Å². The maximum absolute atomic E-state index is 13.6. The average molecular weight is 497 g/mol. The fourth-order valence-corrected chi connectivity index (χ4v) is 3.91. The molecular weight excluding hydrogens is 467 g/mol. The Kier molecular flexibility index (Phi) is 9.55. The minimum absolute atomic E-state index is 0.00882. The molecular formula is C28H30Cl2N2O2. The molecule has 6 heteroatoms. The smallest absolute Gasteiger partial charge is 0.243 e. The maximum Gasteiger partial charge on any atom is 0.243 e. The molecule has 34 heavy (non-hydrogen) atoms. The number of hydrogen-bond donors (Lipinski definition) is 1. The highest BCUT2D eigenvalue weighted by Crippen LogP contribution is 2.19. The molecule has 4 nitrogen and oxygen atoms in total. The van der Waals surface area contributed by atoms with Gasteiger partial charge in [0.2, 0.25) is 11.8 Å². The Hall–Kier alpha value is -2.82. The van der Waals surface area contributed by atoms with Crippen LogP contribution in [0.2, 0.25) is 10.0 Å². The van der Waals surface area contributed by atoms with Crippen LogP contribution in [-0.2, 0) is 29.0 Å². The Morgan fingerprint density at radius 2 is 1.38 bits per heavy atom. The summed E-state index contributed by atoms with van der Waals surface area (Å²) in [7, 11) is 0. The maximum atomic E-state index is 13.6. The van der Waals surface area contributed by atoms with Gasteiger partial charge in [0, 0.05) is 29.1 Å². The molecule has 0 heterocycles. The number of carbonyl (C=O) groups excluding carboxylic acids is 2. The van der Waals surface area contributed by atoms with E-state index in [-0.39, 0.29) is 24.3 Å². The molecule has 2 amide bonds. The van der Waals surface area contributed by atoms with Crippen LogP contribution in [0.3, 0.4) is 0 Å². The Bertz CT molecular complexity index is 1070. The zero-order valence-electron chi connectivity index (χ0n) is 19.5. The molecule has 0 aromatic heterocycles. The number of carbonyl (C=O) groups is 2. The van der Waals surface area contributed by atoms with Gasteiger partial charge in [-0.3, -0.25) is 9.59 Å². The topological polar surface area (TPSA) is 49.4 Å². The molecule has 3 aromatic carbocycles. The molecule has 0 saturated heterocycles. The molecule has 0 saturated carbocycles. The standard InChI is InChI=1S/C28H30Cl2N2O2/c1-3-20(2)31-28(34)26(17-21-7-5-4-6-8-21)32(19-23-11-15-25(30)16-12-23)27(33)18-22-9-13-24(29)14-10-22/h4-16,20,26H,3,17-19H2,1-2H3,(H,31,34)/t20-,26+/m0/s1. The van der Waals surface area contributed by atoms with E-state index >= 15 is 0 Å². The highest BCUT2D eigenvalue weighted by Gasteiger charge is 2.31. The van der Waals surface area contributed by atoms with Gasteiger partial charge in [0.15, 0.2) is 0 Å². The van der Waals surface area contributed by atoms with Gasteiger partial charge in [-0.2, -0.15) is 0 Å². The van der Waals surface area contributed by atoms with E-state index in [1.54, 1.807) is 29.2 Å². The summed E-state index contributed by atoms with van der Waals surface area (Å²) in [6.45, 7) is 4.29. The predicted molar refractivity (Wildman–Crippen MR) is 139 cm³/mol. The van der Waals surface area contributed by atoms with E-state index in [0.717, 1.165) is 23.1 Å². The van der Waals surface area contributed by atoms with Gasteiger partial charge in [-0.05, 0) is 54.3 Å². The van der Waals surface area contributed by atoms with Crippen molar-refractivity contribution >= 4 is 35.0 Å². The molecule has 0 bridgehead atoms. The van der Waals surface area contributed by atoms with Gasteiger partial charge in [0.1, 0.15) is 6.04 Å². The van der Waals surface area contributed by atoms with E-state index in [2.05, 4.69) is 5.32 Å². The van der Waals surface area contributed by atoms with Crippen LogP contribution < -0.4 is 5.32 Å². The van der Waals surface area contributed by atoms with Crippen molar-refractivity contribution in [2.24, 2.45) is 0 Å². The highest BCUT2D eigenvalue weighted by molar-refractivity contribution is 6.30. The second kappa shape index (κ2) is 12.6. The van der Waals surface area contributed by atoms with E-state index in [0.29, 0.717) is 23.0 Å². The average Bonchev–Trinajstić information content (AvgIpc) is 2.84. The van der Waals surface area contributed by atoms with Crippen molar-refractivity contribution in [2.75, 3.05) is 0 Å². The third-order valence-electron chi connectivity index (χ3n) is 5.81. The van der Waals surface area contributed by atoms with Gasteiger partial charge in [0.05, 0.1) is 6.42 Å². The summed E-state index contributed by atoms with van der Waals surface area (Å²) in [4.78, 5) is 28.8. The molecule has 178 valence electrons. The SMILES string of the molecule is CC[C@H](C)NC(=O)[C@@H](Cc1ccccc1)N(Cc1ccc(Cl)cc1)C(=O)Cc1ccc(Cl)cc1. The van der Waals surface area contributed by atoms with E-state index < -0.39 is 6.04 Å². The lowest BCUT2D eigenvalue weighted by atomic mass is 10.0. The van der Waals surface area contributed by atoms with Crippen LogP contribution in [0.25, 0.3) is 0 Å². The molecule has 0 aliphatic rings. The molecule has 0 spiro atoms. The Morgan fingerprint density at radius 3 is 1.94 bits per heavy atom. The van der Waals surface area contributed by atoms with Crippen molar-refractivity contribution in [3.8, 4) is 0 Å². The first-order valence-electron chi connectivity index (χ1n) is 11.5. The quantitative estimate of drug-likeness (QED) is 0.369. The van der Waals surface area contributed by atoms with Gasteiger partial charge >= 0.3 is 0 Å². The van der Waals surface area contributed by atoms with Crippen molar-refractivity contribution in [1.29, 1.82) is 0 Å². The van der Waals surface area contributed by atoms with Crippen molar-refractivity contribution < 1.29 is 9.59 Å². The Morgan fingerprint density at radius 1 is 0.824 bits per heavy atom. The number of benzene rings is 3. The predicted octanol–water partition coefficient (Wildman–Crippen LogP) is 6.09. The summed E-state index contributed by atoms with van der Waals surface area (Å²) in [6, 6.07) is 23.7. The summed E-state index contributed by atoms with van der Waals surface area (Å²) < 4.78 is 0. The van der Waals surface area contributed by atoms with Gasteiger partial charge < -0.3 is 10.2 Å². The summed E-state index contributed by atoms with van der Waals surface area (Å²) >= 11 is 12.1. The number of amides is 2. The van der Waals surface area contributed by atoms with Crippen LogP contribution in [0, 0.1) is 0 Å². The normalized spacial score (nSPS) is 12.6. The van der Waals surface area contributed by atoms with E-state index in [4.69, 9.17) is 23.2 Å². The summed E-state index contributed by atoms with van der Waals surface area (Å²) in [5, 5.41) is 4.32. The minimum Gasteiger partial charge on any atom is -0.352 e. The van der Waals surface area contributed by atoms with Crippen LogP contribution >= 0.6 is 23.2 Å². The van der Waals surface area contributed by atoms with E-state index in [1.807, 2.05) is 68.4 Å². The third kappa shape index (κ3) is 7.61. The molecule has 2 atom stereocenters. The van der Waals surface area contributed by atoms with E-state index in [9.17, 15) is 9.59 Å². The molecule has 1 N–H and O–H groups in total. The second-order valence-corrected chi connectivity index (χ2v) is 9.35. The molecule has 0 radical (unpaired) electrons. The van der Waals surface area contributed by atoms with Crippen LogP contribution in [-0.4, -0.2) is 28.8 Å². The second-order valence-electron chi connectivity index (χ2n) is 8.47. The Balaban J connectivity index is 1.95. The first kappa shape index (κ1) is 25.8. The molecule has 0 unspecified atom stereocenters. The monoisotopic (exact) mass is 496 g/mol. The number of rotatable bonds is 10. The lowest BCUT2D eigenvalue weighted by Crippen LogP contribution is -2.52. The number of nitrogens with zero attached hydrogens (tertiary/aromatic N) is 1. The zero-order valence-corrected chi connectivity index (χ0v) is 21.0. The van der Waals surface area contributed by atoms with Crippen molar-refractivity contribution in [3.05, 3.63) is 106 Å². The van der Waals surface area contributed by atoms with Crippen molar-refractivity contribution in [2.45, 2.75) is 51.7 Å². The Labute approximate surface area is 211 Å². The highest BCUT2D eigenvalue weighted by atomic mass is 35.5. The van der Waals surface area contributed by atoms with Crippen LogP contribution in [0.4, 0.5) is 0 Å². The molecule has 0 aliphatic carbocycles. The first-order valence-corrected chi connectivity index (χ1v) is 12.2. The van der Waals surface area contributed by atoms with Gasteiger partial charge in [-0.15, -0.1) is 0 Å². The first-order chi connectivity index (χ1) is 16.4. The summed E-state index contributed by atoms with van der Waals surface area (Å²) in [6.07, 6.45) is 1.40. The summed E-state index contributed by atoms with van der Waals surface area (Å²) in [5.41, 5.74) is 2.74. The zero-order chi connectivity index (χ0) is 24.5. The van der Waals surface area contributed by atoms with Gasteiger partial charge in [-0.25, -0.2) is 0 Å². The van der Waals surface area contributed by atoms with Crippen LogP contribution in [0.5, 0.6) is 0 Å². The van der Waals surface area contributed by atoms with Crippen molar-refractivity contribution in [1.82, 2.24) is 10.2 Å². The number of nitrogens with one attached hydrogen (secondary N) is 1. The van der Waals surface area contributed by atoms with Gasteiger partial charge in [-0.1, -0.05) is 84.7 Å². The number of hydrogen-bond acceptors (Lipinski definition) is 2. The minimum atomic E-state index is -0.660. The molecule has 3 aromatic rings. The summed E-state index contributed by atoms with van der Waals surface area (Å²) in [5.74, 6) is -0.283. The fraction of sp³-hybridized carbons (Fsp3) is 0.286. The lowest BCUT2D eigenvalue weighted by molar-refractivity contribution is -0.141. The fourth-order valence-electron chi connectivity index (χ4n) is 3.66. The van der Waals surface area contributed by atoms with Crippen molar-refractivity contribution in [3.63, 3.8) is 0 Å². The van der Waals surface area contributed by atoms with Gasteiger partial charge in [0.25, 0.3) is 0 Å². The van der Waals surface area contributed by atoms with Crippen LogP contribution in [0.15, 0.2) is 78.9 Å². The molecule has 0 aliphatic heterocycles.